The van der Waals surface area contributed by atoms with Crippen LogP contribution in [0.15, 0.2) is 22.7 Å². The molecule has 0 aliphatic carbocycles. The molecule has 1 heterocycles. The molecule has 90 valence electrons. The summed E-state index contributed by atoms with van der Waals surface area (Å²) in [5, 5.41) is 9.35. The number of benzene rings is 1. The summed E-state index contributed by atoms with van der Waals surface area (Å²) in [4.78, 5) is 0. The lowest BCUT2D eigenvalue weighted by molar-refractivity contribution is 0.0405. The Bertz CT molecular complexity index is 449. The molecule has 1 aromatic carbocycles. The maximum absolute atomic E-state index is 13.4. The molecule has 0 saturated carbocycles. The molecular formula is C13H13BrFNO. The molecule has 0 N–H and O–H groups in total. The zero-order valence-corrected chi connectivity index (χ0v) is 11.0. The highest BCUT2D eigenvalue weighted by Crippen LogP contribution is 2.36. The number of ether oxygens (including phenoxy) is 1. The van der Waals surface area contributed by atoms with Gasteiger partial charge in [0.15, 0.2) is 0 Å². The Morgan fingerprint density at radius 2 is 2.12 bits per heavy atom. The van der Waals surface area contributed by atoms with E-state index >= 15 is 0 Å². The molecule has 1 aromatic rings. The minimum atomic E-state index is -0.408. The summed E-state index contributed by atoms with van der Waals surface area (Å²) in [5.74, 6) is -0.275. The van der Waals surface area contributed by atoms with Crippen LogP contribution in [0.3, 0.4) is 0 Å². The first-order valence-electron chi connectivity index (χ1n) is 5.59. The molecule has 1 fully saturated rings. The first-order valence-corrected chi connectivity index (χ1v) is 6.38. The first kappa shape index (κ1) is 12.5. The van der Waals surface area contributed by atoms with Gasteiger partial charge in [-0.05, 0) is 46.8 Å². The highest BCUT2D eigenvalue weighted by atomic mass is 79.9. The van der Waals surface area contributed by atoms with Gasteiger partial charge in [0.05, 0.1) is 16.0 Å². The molecule has 0 atom stereocenters. The third kappa shape index (κ3) is 2.67. The number of nitriles is 1. The molecule has 0 radical (unpaired) electrons. The van der Waals surface area contributed by atoms with Crippen molar-refractivity contribution >= 4 is 15.9 Å². The van der Waals surface area contributed by atoms with Crippen LogP contribution < -0.4 is 0 Å². The van der Waals surface area contributed by atoms with Crippen LogP contribution in [-0.4, -0.2) is 13.2 Å². The van der Waals surface area contributed by atoms with Crippen LogP contribution in [-0.2, 0) is 11.2 Å². The fourth-order valence-electron chi connectivity index (χ4n) is 2.14. The Kier molecular flexibility index (Phi) is 3.80. The van der Waals surface area contributed by atoms with E-state index in [1.54, 1.807) is 6.07 Å². The zero-order valence-electron chi connectivity index (χ0n) is 9.38. The lowest BCUT2D eigenvalue weighted by atomic mass is 9.76. The van der Waals surface area contributed by atoms with Gasteiger partial charge in [-0.3, -0.25) is 0 Å². The van der Waals surface area contributed by atoms with Crippen LogP contribution in [0.25, 0.3) is 0 Å². The van der Waals surface area contributed by atoms with E-state index in [0.29, 0.717) is 36.9 Å². The van der Waals surface area contributed by atoms with Crippen LogP contribution in [0.2, 0.25) is 0 Å². The van der Waals surface area contributed by atoms with Gasteiger partial charge in [0.25, 0.3) is 0 Å². The molecule has 0 unspecified atom stereocenters. The summed E-state index contributed by atoms with van der Waals surface area (Å²) in [7, 11) is 0. The maximum atomic E-state index is 13.4. The number of halogens is 2. The topological polar surface area (TPSA) is 33.0 Å². The second-order valence-corrected chi connectivity index (χ2v) is 5.19. The minimum Gasteiger partial charge on any atom is -0.381 e. The second-order valence-electron chi connectivity index (χ2n) is 4.39. The molecule has 0 bridgehead atoms. The molecular weight excluding hydrogens is 285 g/mol. The van der Waals surface area contributed by atoms with Crippen molar-refractivity contribution in [3.8, 4) is 6.07 Å². The van der Waals surface area contributed by atoms with Gasteiger partial charge in [-0.1, -0.05) is 12.1 Å². The fourth-order valence-corrected chi connectivity index (χ4v) is 2.54. The van der Waals surface area contributed by atoms with Crippen molar-refractivity contribution in [3.63, 3.8) is 0 Å². The van der Waals surface area contributed by atoms with Crippen molar-refractivity contribution in [1.82, 2.24) is 0 Å². The quantitative estimate of drug-likeness (QED) is 0.838. The van der Waals surface area contributed by atoms with E-state index in [0.717, 1.165) is 5.56 Å². The predicted molar refractivity (Wildman–Crippen MR) is 65.9 cm³/mol. The van der Waals surface area contributed by atoms with Crippen molar-refractivity contribution in [2.75, 3.05) is 13.2 Å². The van der Waals surface area contributed by atoms with Gasteiger partial charge in [-0.2, -0.15) is 5.26 Å². The van der Waals surface area contributed by atoms with Crippen LogP contribution in [0.4, 0.5) is 4.39 Å². The lowest BCUT2D eigenvalue weighted by Gasteiger charge is -2.31. The van der Waals surface area contributed by atoms with Crippen LogP contribution in [0.5, 0.6) is 0 Å². The summed E-state index contributed by atoms with van der Waals surface area (Å²) in [6.07, 6.45) is 2.00. The molecule has 1 aliphatic rings. The maximum Gasteiger partial charge on any atom is 0.137 e. The normalized spacial score (nSPS) is 18.6. The van der Waals surface area contributed by atoms with Crippen LogP contribution in [0, 0.1) is 22.6 Å². The van der Waals surface area contributed by atoms with Gasteiger partial charge in [-0.25, -0.2) is 4.39 Å². The van der Waals surface area contributed by atoms with E-state index in [9.17, 15) is 9.65 Å². The minimum absolute atomic E-state index is 0.275. The standard InChI is InChI=1S/C13H13BrFNO/c14-12-10(2-1-3-11(12)15)8-13(9-16)4-6-17-7-5-13/h1-3H,4-8H2. The van der Waals surface area contributed by atoms with Crippen LogP contribution in [0.1, 0.15) is 18.4 Å². The van der Waals surface area contributed by atoms with E-state index in [4.69, 9.17) is 4.74 Å². The van der Waals surface area contributed by atoms with Gasteiger partial charge < -0.3 is 4.74 Å². The molecule has 2 nitrogen and oxygen atoms in total. The highest BCUT2D eigenvalue weighted by Gasteiger charge is 2.33. The third-order valence-electron chi connectivity index (χ3n) is 3.25. The van der Waals surface area contributed by atoms with E-state index in [-0.39, 0.29) is 5.82 Å². The average molecular weight is 298 g/mol. The van der Waals surface area contributed by atoms with Gasteiger partial charge in [0.1, 0.15) is 5.82 Å². The van der Waals surface area contributed by atoms with Crippen LogP contribution >= 0.6 is 15.9 Å². The van der Waals surface area contributed by atoms with Crippen molar-refractivity contribution in [2.45, 2.75) is 19.3 Å². The highest BCUT2D eigenvalue weighted by molar-refractivity contribution is 9.10. The van der Waals surface area contributed by atoms with E-state index in [1.165, 1.54) is 6.07 Å². The SMILES string of the molecule is N#CC1(Cc2cccc(F)c2Br)CCOCC1. The molecule has 4 heteroatoms. The van der Waals surface area contributed by atoms with Gasteiger partial charge in [0, 0.05) is 13.2 Å². The van der Waals surface area contributed by atoms with Crippen molar-refractivity contribution < 1.29 is 9.13 Å². The van der Waals surface area contributed by atoms with E-state index in [1.807, 2.05) is 6.07 Å². The van der Waals surface area contributed by atoms with E-state index < -0.39 is 5.41 Å². The van der Waals surface area contributed by atoms with Gasteiger partial charge >= 0.3 is 0 Å². The average Bonchev–Trinajstić information content (AvgIpc) is 2.36. The van der Waals surface area contributed by atoms with Crippen molar-refractivity contribution in [3.05, 3.63) is 34.1 Å². The van der Waals surface area contributed by atoms with Crippen molar-refractivity contribution in [2.24, 2.45) is 5.41 Å². The predicted octanol–water partition coefficient (Wildman–Crippen LogP) is 3.45. The van der Waals surface area contributed by atoms with Crippen molar-refractivity contribution in [1.29, 1.82) is 5.26 Å². The number of hydrogen-bond donors (Lipinski definition) is 0. The summed E-state index contributed by atoms with van der Waals surface area (Å²) >= 11 is 3.24. The Labute approximate surface area is 109 Å². The summed E-state index contributed by atoms with van der Waals surface area (Å²) < 4.78 is 19.2. The Morgan fingerprint density at radius 3 is 2.76 bits per heavy atom. The Hall–Kier alpha value is -0.920. The number of rotatable bonds is 2. The lowest BCUT2D eigenvalue weighted by Crippen LogP contribution is -2.30. The zero-order chi connectivity index (χ0) is 12.3. The number of hydrogen-bond acceptors (Lipinski definition) is 2. The van der Waals surface area contributed by atoms with E-state index in [2.05, 4.69) is 22.0 Å². The fraction of sp³-hybridized carbons (Fsp3) is 0.462. The molecule has 2 rings (SSSR count). The molecule has 1 saturated heterocycles. The third-order valence-corrected chi connectivity index (χ3v) is 4.14. The first-order chi connectivity index (χ1) is 8.17. The largest absolute Gasteiger partial charge is 0.381 e. The Balaban J connectivity index is 2.24. The van der Waals surface area contributed by atoms with Gasteiger partial charge in [-0.15, -0.1) is 0 Å². The summed E-state index contributed by atoms with van der Waals surface area (Å²) in [6, 6.07) is 7.35. The molecule has 0 aromatic heterocycles. The molecule has 0 amide bonds. The summed E-state index contributed by atoms with van der Waals surface area (Å²) in [6.45, 7) is 1.22. The molecule has 0 spiro atoms. The smallest absolute Gasteiger partial charge is 0.137 e. The second kappa shape index (κ2) is 5.16. The molecule has 1 aliphatic heterocycles. The number of nitrogens with zero attached hydrogens (tertiary/aromatic N) is 1. The Morgan fingerprint density at radius 1 is 1.41 bits per heavy atom. The monoisotopic (exact) mass is 297 g/mol. The van der Waals surface area contributed by atoms with Gasteiger partial charge in [0.2, 0.25) is 0 Å². The molecule has 17 heavy (non-hydrogen) atoms. The summed E-state index contributed by atoms with van der Waals surface area (Å²) in [5.41, 5.74) is 0.447.